The van der Waals surface area contributed by atoms with Crippen LogP contribution in [0.15, 0.2) is 18.2 Å². The Morgan fingerprint density at radius 1 is 1.27 bits per heavy atom. The number of aryl methyl sites for hydroxylation is 1. The topological polar surface area (TPSA) is 74.6 Å². The number of nitriles is 1. The van der Waals surface area contributed by atoms with E-state index in [1.807, 2.05) is 18.2 Å². The quantitative estimate of drug-likeness (QED) is 0.747. The first-order valence-electron chi connectivity index (χ1n) is 10.4. The van der Waals surface area contributed by atoms with Gasteiger partial charge in [-0.05, 0) is 56.7 Å². The van der Waals surface area contributed by atoms with E-state index in [0.29, 0.717) is 17.1 Å². The minimum absolute atomic E-state index is 0.0653. The molecule has 30 heavy (non-hydrogen) atoms. The average Bonchev–Trinajstić information content (AvgIpc) is 3.36. The van der Waals surface area contributed by atoms with E-state index in [-0.39, 0.29) is 11.9 Å². The fraction of sp³-hybridized carbons (Fsp3) is 0.478. The fourth-order valence-electron chi connectivity index (χ4n) is 4.58. The number of anilines is 1. The summed E-state index contributed by atoms with van der Waals surface area (Å²) in [7, 11) is 3.30. The van der Waals surface area contributed by atoms with Crippen LogP contribution < -0.4 is 14.8 Å². The van der Waals surface area contributed by atoms with E-state index < -0.39 is 0 Å². The van der Waals surface area contributed by atoms with Crippen LogP contribution in [0.3, 0.4) is 0 Å². The maximum atomic E-state index is 12.9. The number of hydrogen-bond donors (Lipinski definition) is 1. The highest BCUT2D eigenvalue weighted by Gasteiger charge is 2.30. The Morgan fingerprint density at radius 2 is 2.10 bits per heavy atom. The fourth-order valence-corrected chi connectivity index (χ4v) is 5.84. The molecule has 0 bridgehead atoms. The number of benzene rings is 1. The zero-order chi connectivity index (χ0) is 21.1. The van der Waals surface area contributed by atoms with Crippen molar-refractivity contribution >= 4 is 22.2 Å². The lowest BCUT2D eigenvalue weighted by molar-refractivity contribution is -0.117. The lowest BCUT2D eigenvalue weighted by Crippen LogP contribution is -2.33. The average molecular weight is 426 g/mol. The van der Waals surface area contributed by atoms with Gasteiger partial charge in [-0.2, -0.15) is 5.26 Å². The summed E-state index contributed by atoms with van der Waals surface area (Å²) >= 11 is 1.57. The number of amides is 1. The molecular weight excluding hydrogens is 398 g/mol. The van der Waals surface area contributed by atoms with Crippen LogP contribution in [-0.4, -0.2) is 38.1 Å². The number of likely N-dealkylation sites (tertiary alicyclic amines) is 1. The Kier molecular flexibility index (Phi) is 6.26. The van der Waals surface area contributed by atoms with Gasteiger partial charge >= 0.3 is 0 Å². The first-order chi connectivity index (χ1) is 14.6. The highest BCUT2D eigenvalue weighted by atomic mass is 32.1. The number of thiophene rings is 1. The van der Waals surface area contributed by atoms with E-state index in [9.17, 15) is 10.1 Å². The summed E-state index contributed by atoms with van der Waals surface area (Å²) in [6, 6.07) is 8.30. The summed E-state index contributed by atoms with van der Waals surface area (Å²) in [6.45, 7) is 1.16. The Balaban J connectivity index is 1.49. The van der Waals surface area contributed by atoms with Crippen LogP contribution in [0.4, 0.5) is 5.00 Å². The summed E-state index contributed by atoms with van der Waals surface area (Å²) in [4.78, 5) is 16.3. The zero-order valence-corrected chi connectivity index (χ0v) is 18.3. The van der Waals surface area contributed by atoms with E-state index in [1.54, 1.807) is 25.6 Å². The number of hydrogen-bond acceptors (Lipinski definition) is 6. The van der Waals surface area contributed by atoms with Crippen molar-refractivity contribution in [2.45, 2.75) is 44.6 Å². The van der Waals surface area contributed by atoms with Crippen LogP contribution in [0.5, 0.6) is 11.5 Å². The van der Waals surface area contributed by atoms with E-state index in [2.05, 4.69) is 16.3 Å². The number of methoxy groups -OCH3 is 2. The van der Waals surface area contributed by atoms with Gasteiger partial charge in [0, 0.05) is 22.5 Å². The lowest BCUT2D eigenvalue weighted by Gasteiger charge is -2.25. The molecule has 2 aromatic rings. The van der Waals surface area contributed by atoms with Crippen LogP contribution in [0.2, 0.25) is 0 Å². The number of nitrogens with one attached hydrogen (secondary N) is 1. The van der Waals surface area contributed by atoms with Crippen LogP contribution in [0.25, 0.3) is 0 Å². The summed E-state index contributed by atoms with van der Waals surface area (Å²) in [6.07, 6.45) is 6.23. The van der Waals surface area contributed by atoms with Gasteiger partial charge in [-0.3, -0.25) is 9.69 Å². The smallest absolute Gasteiger partial charge is 0.239 e. The van der Waals surface area contributed by atoms with E-state index >= 15 is 0 Å². The van der Waals surface area contributed by atoms with Crippen LogP contribution >= 0.6 is 11.3 Å². The molecule has 1 fully saturated rings. The number of ether oxygens (including phenoxy) is 2. The molecule has 1 amide bonds. The normalized spacial score (nSPS) is 18.5. The third kappa shape index (κ3) is 4.03. The molecule has 1 N–H and O–H groups in total. The molecule has 0 saturated carbocycles. The molecule has 1 aromatic heterocycles. The SMILES string of the molecule is COc1ccc([C@H]2CCCN2CC(=O)Nc2sc3c(c2C#N)CCCC3)c(OC)c1. The van der Waals surface area contributed by atoms with Gasteiger partial charge < -0.3 is 14.8 Å². The monoisotopic (exact) mass is 425 g/mol. The molecule has 1 aromatic carbocycles. The molecule has 1 saturated heterocycles. The second-order valence-electron chi connectivity index (χ2n) is 7.81. The second-order valence-corrected chi connectivity index (χ2v) is 8.92. The number of nitrogens with zero attached hydrogens (tertiary/aromatic N) is 2. The Hall–Kier alpha value is -2.56. The predicted molar refractivity (Wildman–Crippen MR) is 117 cm³/mol. The van der Waals surface area contributed by atoms with Crippen molar-refractivity contribution in [3.05, 3.63) is 39.8 Å². The molecule has 6 nitrogen and oxygen atoms in total. The van der Waals surface area contributed by atoms with Crippen molar-refractivity contribution in [1.82, 2.24) is 4.90 Å². The van der Waals surface area contributed by atoms with Crippen LogP contribution in [-0.2, 0) is 17.6 Å². The largest absolute Gasteiger partial charge is 0.497 e. The summed E-state index contributed by atoms with van der Waals surface area (Å²) in [5.41, 5.74) is 2.89. The van der Waals surface area contributed by atoms with E-state index in [1.165, 1.54) is 4.88 Å². The first kappa shape index (κ1) is 20.7. The number of carbonyl (C=O) groups excluding carboxylic acids is 1. The van der Waals surface area contributed by atoms with E-state index in [0.717, 1.165) is 67.7 Å². The molecule has 1 atom stereocenters. The maximum Gasteiger partial charge on any atom is 0.239 e. The number of fused-ring (bicyclic) bond motifs is 1. The van der Waals surface area contributed by atoms with Gasteiger partial charge in [0.2, 0.25) is 5.91 Å². The Bertz CT molecular complexity index is 979. The zero-order valence-electron chi connectivity index (χ0n) is 17.5. The summed E-state index contributed by atoms with van der Waals surface area (Å²) in [5, 5.41) is 13.4. The molecule has 1 aliphatic carbocycles. The Morgan fingerprint density at radius 3 is 2.87 bits per heavy atom. The summed E-state index contributed by atoms with van der Waals surface area (Å²) < 4.78 is 10.9. The Labute approximate surface area is 181 Å². The van der Waals surface area contributed by atoms with Gasteiger partial charge in [-0.25, -0.2) is 0 Å². The third-order valence-corrected chi connectivity index (χ3v) is 7.25. The van der Waals surface area contributed by atoms with Crippen molar-refractivity contribution in [1.29, 1.82) is 5.26 Å². The van der Waals surface area contributed by atoms with Gasteiger partial charge in [0.1, 0.15) is 22.6 Å². The van der Waals surface area contributed by atoms with Gasteiger partial charge in [0.15, 0.2) is 0 Å². The molecule has 1 aliphatic heterocycles. The van der Waals surface area contributed by atoms with Crippen molar-refractivity contribution in [2.24, 2.45) is 0 Å². The van der Waals surface area contributed by atoms with Crippen molar-refractivity contribution in [2.75, 3.05) is 32.6 Å². The van der Waals surface area contributed by atoms with Crippen LogP contribution in [0, 0.1) is 11.3 Å². The first-order valence-corrected chi connectivity index (χ1v) is 11.3. The third-order valence-electron chi connectivity index (χ3n) is 6.05. The van der Waals surface area contributed by atoms with Crippen molar-refractivity contribution in [3.63, 3.8) is 0 Å². The second kappa shape index (κ2) is 9.07. The molecular formula is C23H27N3O3S. The molecule has 0 radical (unpaired) electrons. The number of rotatable bonds is 6. The molecule has 4 rings (SSSR count). The van der Waals surface area contributed by atoms with Gasteiger partial charge in [-0.15, -0.1) is 11.3 Å². The minimum Gasteiger partial charge on any atom is -0.497 e. The van der Waals surface area contributed by atoms with Crippen molar-refractivity contribution in [3.8, 4) is 17.6 Å². The maximum absolute atomic E-state index is 12.9. The summed E-state index contributed by atoms with van der Waals surface area (Å²) in [5.74, 6) is 1.47. The standard InChI is InChI=1S/C23H27N3O3S/c1-28-15-9-10-17(20(12-15)29-2)19-7-5-11-26(19)14-22(27)25-23-18(13-24)16-6-3-4-8-21(16)30-23/h9-10,12,19H,3-8,11,14H2,1-2H3,(H,25,27)/t19-/m1/s1. The molecule has 0 unspecified atom stereocenters. The highest BCUT2D eigenvalue weighted by molar-refractivity contribution is 7.16. The van der Waals surface area contributed by atoms with Crippen LogP contribution in [0.1, 0.15) is 53.3 Å². The van der Waals surface area contributed by atoms with Gasteiger partial charge in [0.25, 0.3) is 0 Å². The predicted octanol–water partition coefficient (Wildman–Crippen LogP) is 4.29. The van der Waals surface area contributed by atoms with E-state index in [4.69, 9.17) is 9.47 Å². The number of carbonyl (C=O) groups is 1. The molecule has 2 aliphatic rings. The highest BCUT2D eigenvalue weighted by Crippen LogP contribution is 2.40. The van der Waals surface area contributed by atoms with Gasteiger partial charge in [0.05, 0.1) is 26.3 Å². The molecule has 7 heteroatoms. The molecule has 2 heterocycles. The molecule has 0 spiro atoms. The van der Waals surface area contributed by atoms with Gasteiger partial charge in [-0.1, -0.05) is 6.07 Å². The van der Waals surface area contributed by atoms with Crippen molar-refractivity contribution < 1.29 is 14.3 Å². The lowest BCUT2D eigenvalue weighted by atomic mass is 9.96. The molecule has 158 valence electrons. The minimum atomic E-state index is -0.0653.